The molecule has 78 valence electrons. The van der Waals surface area contributed by atoms with Crippen molar-refractivity contribution >= 4 is 24.3 Å². The Labute approximate surface area is 99.1 Å². The molecule has 0 spiro atoms. The third-order valence-electron chi connectivity index (χ3n) is 1.38. The van der Waals surface area contributed by atoms with E-state index in [1.54, 1.807) is 0 Å². The number of carbonyl (C=O) groups is 2. The number of halogens is 1. The third-order valence-corrected chi connectivity index (χ3v) is 1.38. The fraction of sp³-hybridized carbons (Fsp3) is 0. The Morgan fingerprint density at radius 1 is 0.857 bits per heavy atom. The molecule has 0 aliphatic heterocycles. The van der Waals surface area contributed by atoms with Crippen molar-refractivity contribution < 1.29 is 39.3 Å². The average molecular weight is 304 g/mol. The zero-order valence-corrected chi connectivity index (χ0v) is 9.34. The molecule has 14 heavy (non-hydrogen) atoms. The van der Waals surface area contributed by atoms with Crippen LogP contribution < -0.4 is 0 Å². The van der Waals surface area contributed by atoms with E-state index >= 15 is 0 Å². The summed E-state index contributed by atoms with van der Waals surface area (Å²) >= 11 is 0. The van der Waals surface area contributed by atoms with Crippen molar-refractivity contribution in [2.24, 2.45) is 0 Å². The molecule has 1 aromatic carbocycles. The number of rotatable bonds is 2. The summed E-state index contributed by atoms with van der Waals surface area (Å²) in [4.78, 5) is 20.7. The molecule has 0 unspecified atom stereocenters. The molecule has 0 radical (unpaired) electrons. The smallest absolute Gasteiger partial charge is 0.335 e. The van der Waals surface area contributed by atoms with Gasteiger partial charge in [0.25, 0.3) is 0 Å². The SMILES string of the molecule is Cl.O=C(O)c1ccc(C(=O)O)cc1.[Ru]. The summed E-state index contributed by atoms with van der Waals surface area (Å²) in [6.45, 7) is 0. The van der Waals surface area contributed by atoms with Crippen LogP contribution in [0, 0.1) is 0 Å². The molecule has 0 saturated carbocycles. The molecule has 0 aliphatic rings. The van der Waals surface area contributed by atoms with Crippen LogP contribution in [-0.2, 0) is 19.5 Å². The topological polar surface area (TPSA) is 74.6 Å². The number of benzene rings is 1. The monoisotopic (exact) mass is 304 g/mol. The van der Waals surface area contributed by atoms with Gasteiger partial charge in [-0.2, -0.15) is 0 Å². The van der Waals surface area contributed by atoms with E-state index in [2.05, 4.69) is 0 Å². The van der Waals surface area contributed by atoms with Crippen LogP contribution in [-0.4, -0.2) is 22.2 Å². The predicted molar refractivity (Wildman–Crippen MR) is 47.6 cm³/mol. The van der Waals surface area contributed by atoms with Gasteiger partial charge in [0.05, 0.1) is 11.1 Å². The summed E-state index contributed by atoms with van der Waals surface area (Å²) in [6.07, 6.45) is 0. The Balaban J connectivity index is 0. The Kier molecular flexibility index (Phi) is 7.23. The van der Waals surface area contributed by atoms with E-state index in [4.69, 9.17) is 10.2 Å². The molecule has 6 heteroatoms. The van der Waals surface area contributed by atoms with Gasteiger partial charge in [-0.15, -0.1) is 12.4 Å². The molecular weight excluding hydrogens is 297 g/mol. The van der Waals surface area contributed by atoms with Crippen molar-refractivity contribution in [2.75, 3.05) is 0 Å². The number of hydrogen-bond donors (Lipinski definition) is 2. The van der Waals surface area contributed by atoms with Crippen molar-refractivity contribution in [3.8, 4) is 0 Å². The fourth-order valence-corrected chi connectivity index (χ4v) is 0.755. The van der Waals surface area contributed by atoms with Gasteiger partial charge in [-0.05, 0) is 24.3 Å². The second-order valence-corrected chi connectivity index (χ2v) is 2.19. The Morgan fingerprint density at radius 2 is 1.07 bits per heavy atom. The van der Waals surface area contributed by atoms with Crippen LogP contribution >= 0.6 is 12.4 Å². The second kappa shape index (κ2) is 6.52. The van der Waals surface area contributed by atoms with Gasteiger partial charge in [-0.25, -0.2) is 9.59 Å². The van der Waals surface area contributed by atoms with Gasteiger partial charge in [0, 0.05) is 19.5 Å². The molecule has 1 aromatic rings. The predicted octanol–water partition coefficient (Wildman–Crippen LogP) is 1.50. The first-order valence-electron chi connectivity index (χ1n) is 3.18. The molecule has 0 saturated heterocycles. The van der Waals surface area contributed by atoms with Crippen molar-refractivity contribution in [2.45, 2.75) is 0 Å². The summed E-state index contributed by atoms with van der Waals surface area (Å²) in [5, 5.41) is 16.9. The summed E-state index contributed by atoms with van der Waals surface area (Å²) < 4.78 is 0. The molecule has 0 heterocycles. The Hall–Kier alpha value is -0.927. The van der Waals surface area contributed by atoms with Crippen molar-refractivity contribution in [1.82, 2.24) is 0 Å². The summed E-state index contributed by atoms with van der Waals surface area (Å²) in [5.41, 5.74) is 0.167. The molecule has 4 nitrogen and oxygen atoms in total. The molecule has 0 aliphatic carbocycles. The van der Waals surface area contributed by atoms with E-state index in [0.29, 0.717) is 0 Å². The number of aromatic carboxylic acids is 2. The third kappa shape index (κ3) is 3.85. The maximum absolute atomic E-state index is 10.3. The average Bonchev–Trinajstić information content (AvgIpc) is 2.04. The molecule has 0 aromatic heterocycles. The van der Waals surface area contributed by atoms with E-state index in [-0.39, 0.29) is 43.0 Å². The van der Waals surface area contributed by atoms with Gasteiger partial charge < -0.3 is 10.2 Å². The number of carboxylic acid groups (broad SMARTS) is 2. The van der Waals surface area contributed by atoms with Crippen LogP contribution in [0.1, 0.15) is 20.7 Å². The van der Waals surface area contributed by atoms with E-state index in [0.717, 1.165) is 0 Å². The maximum atomic E-state index is 10.3. The van der Waals surface area contributed by atoms with Crippen LogP contribution in [0.15, 0.2) is 24.3 Å². The van der Waals surface area contributed by atoms with Crippen LogP contribution in [0.25, 0.3) is 0 Å². The second-order valence-electron chi connectivity index (χ2n) is 2.19. The summed E-state index contributed by atoms with van der Waals surface area (Å²) in [6, 6.07) is 5.02. The van der Waals surface area contributed by atoms with Crippen molar-refractivity contribution in [1.29, 1.82) is 0 Å². The molecule has 0 atom stereocenters. The summed E-state index contributed by atoms with van der Waals surface area (Å²) in [5.74, 6) is -2.13. The molecule has 1 rings (SSSR count). The van der Waals surface area contributed by atoms with Crippen LogP contribution in [0.5, 0.6) is 0 Å². The number of carboxylic acids is 2. The molecule has 2 N–H and O–H groups in total. The standard InChI is InChI=1S/C8H6O4.ClH.Ru/c9-7(10)5-1-2-6(4-3-5)8(11)12;;/h1-4H,(H,9,10)(H,11,12);1H;. The molecular formula is C8H7ClO4Ru. The normalized spacial score (nSPS) is 8.00. The first-order valence-corrected chi connectivity index (χ1v) is 3.18. The van der Waals surface area contributed by atoms with Gasteiger partial charge in [-0.3, -0.25) is 0 Å². The maximum Gasteiger partial charge on any atom is 0.335 e. The minimum Gasteiger partial charge on any atom is -0.478 e. The van der Waals surface area contributed by atoms with E-state index in [1.807, 2.05) is 0 Å². The zero-order chi connectivity index (χ0) is 9.14. The van der Waals surface area contributed by atoms with Crippen LogP contribution in [0.2, 0.25) is 0 Å². The van der Waals surface area contributed by atoms with E-state index in [9.17, 15) is 9.59 Å². The quantitative estimate of drug-likeness (QED) is 0.812. The van der Waals surface area contributed by atoms with Crippen LogP contribution in [0.4, 0.5) is 0 Å². The largest absolute Gasteiger partial charge is 0.478 e. The van der Waals surface area contributed by atoms with E-state index < -0.39 is 11.9 Å². The van der Waals surface area contributed by atoms with Gasteiger partial charge in [0.2, 0.25) is 0 Å². The minimum absolute atomic E-state index is 0. The van der Waals surface area contributed by atoms with Crippen LogP contribution in [0.3, 0.4) is 0 Å². The Morgan fingerprint density at radius 3 is 1.21 bits per heavy atom. The zero-order valence-electron chi connectivity index (χ0n) is 6.78. The van der Waals surface area contributed by atoms with E-state index in [1.165, 1.54) is 24.3 Å². The van der Waals surface area contributed by atoms with Gasteiger partial charge in [-0.1, -0.05) is 0 Å². The Bertz CT molecular complexity index is 290. The van der Waals surface area contributed by atoms with Gasteiger partial charge >= 0.3 is 11.9 Å². The van der Waals surface area contributed by atoms with Crippen molar-refractivity contribution in [3.05, 3.63) is 35.4 Å². The first-order chi connectivity index (χ1) is 5.61. The minimum atomic E-state index is -1.06. The van der Waals surface area contributed by atoms with Crippen molar-refractivity contribution in [3.63, 3.8) is 0 Å². The van der Waals surface area contributed by atoms with Gasteiger partial charge in [0.1, 0.15) is 0 Å². The number of hydrogen-bond acceptors (Lipinski definition) is 2. The first kappa shape index (κ1) is 15.5. The fourth-order valence-electron chi connectivity index (χ4n) is 0.755. The molecule has 0 amide bonds. The molecule has 0 bridgehead atoms. The molecule has 0 fully saturated rings. The summed E-state index contributed by atoms with van der Waals surface area (Å²) in [7, 11) is 0. The van der Waals surface area contributed by atoms with Gasteiger partial charge in [0.15, 0.2) is 0 Å².